The minimum atomic E-state index is -0.551. The van der Waals surface area contributed by atoms with Crippen molar-refractivity contribution in [2.45, 2.75) is 104 Å². The lowest BCUT2D eigenvalue weighted by Gasteiger charge is -2.37. The average molecular weight is 565 g/mol. The fourth-order valence-electron chi connectivity index (χ4n) is 6.62. The molecule has 9 heteroatoms. The lowest BCUT2D eigenvalue weighted by molar-refractivity contribution is -0.117. The van der Waals surface area contributed by atoms with Gasteiger partial charge in [0.1, 0.15) is 5.60 Å². The van der Waals surface area contributed by atoms with Crippen LogP contribution in [-0.2, 0) is 16.1 Å². The fourth-order valence-corrected chi connectivity index (χ4v) is 6.62. The predicted octanol–water partition coefficient (Wildman–Crippen LogP) is 4.83. The molecule has 3 atom stereocenters. The molecule has 2 amide bonds. The highest BCUT2D eigenvalue weighted by Crippen LogP contribution is 2.41. The smallest absolute Gasteiger partial charge is 0.410 e. The van der Waals surface area contributed by atoms with E-state index in [0.717, 1.165) is 56.0 Å². The highest BCUT2D eigenvalue weighted by molar-refractivity contribution is 5.97. The van der Waals surface area contributed by atoms with Crippen molar-refractivity contribution in [3.63, 3.8) is 0 Å². The Hall–Kier alpha value is -3.20. The van der Waals surface area contributed by atoms with Crippen LogP contribution in [0.5, 0.6) is 0 Å². The number of amides is 2. The first-order valence-corrected chi connectivity index (χ1v) is 15.3. The Morgan fingerprint density at radius 3 is 2.49 bits per heavy atom. The number of nitrogens with one attached hydrogen (secondary N) is 3. The maximum Gasteiger partial charge on any atom is 0.410 e. The molecule has 3 N–H and O–H groups in total. The Balaban J connectivity index is 1.44. The number of hydrogen-bond acceptors (Lipinski definition) is 7. The van der Waals surface area contributed by atoms with E-state index in [9.17, 15) is 9.59 Å². The molecule has 4 aliphatic rings. The third-order valence-corrected chi connectivity index (χ3v) is 8.27. The molecular weight excluding hydrogens is 516 g/mol. The second-order valence-corrected chi connectivity index (χ2v) is 13.2. The minimum absolute atomic E-state index is 0.0189. The van der Waals surface area contributed by atoms with E-state index < -0.39 is 11.9 Å². The van der Waals surface area contributed by atoms with E-state index in [-0.39, 0.29) is 24.1 Å². The molecule has 0 radical (unpaired) electrons. The lowest BCUT2D eigenvalue weighted by atomic mass is 10.0. The van der Waals surface area contributed by atoms with Gasteiger partial charge in [0.05, 0.1) is 17.4 Å². The normalized spacial score (nSPS) is 25.0. The molecular formula is C32H48N6O3. The van der Waals surface area contributed by atoms with Gasteiger partial charge in [0, 0.05) is 36.9 Å². The van der Waals surface area contributed by atoms with E-state index in [2.05, 4.69) is 44.8 Å². The van der Waals surface area contributed by atoms with E-state index in [4.69, 9.17) is 4.74 Å². The molecule has 0 bridgehead atoms. The summed E-state index contributed by atoms with van der Waals surface area (Å²) in [6.07, 6.45) is 8.53. The van der Waals surface area contributed by atoms with Crippen molar-refractivity contribution in [1.82, 2.24) is 20.4 Å². The summed E-state index contributed by atoms with van der Waals surface area (Å²) in [6.45, 7) is 16.3. The second kappa shape index (κ2) is 12.0. The van der Waals surface area contributed by atoms with Crippen LogP contribution in [0.2, 0.25) is 0 Å². The van der Waals surface area contributed by atoms with E-state index in [0.29, 0.717) is 18.7 Å². The minimum Gasteiger partial charge on any atom is -0.444 e. The number of ether oxygens (including phenoxy) is 1. The quantitative estimate of drug-likeness (QED) is 0.472. The van der Waals surface area contributed by atoms with Gasteiger partial charge < -0.3 is 30.5 Å². The SMILES string of the molecule is CC1=CC(C(=O)NC2Nc3cc(CN4CCCC4)cc(C)c3N2[C@@H]2CCCCN(C(=O)OC(C)(C)C)C2)=CC(C)N1. The van der Waals surface area contributed by atoms with Gasteiger partial charge in [-0.25, -0.2) is 4.79 Å². The second-order valence-electron chi connectivity index (χ2n) is 13.2. The van der Waals surface area contributed by atoms with Crippen molar-refractivity contribution >= 4 is 23.4 Å². The van der Waals surface area contributed by atoms with Gasteiger partial charge in [0.15, 0.2) is 6.29 Å². The summed E-state index contributed by atoms with van der Waals surface area (Å²) in [6, 6.07) is 4.65. The molecule has 2 saturated heterocycles. The molecule has 2 fully saturated rings. The molecule has 0 aromatic heterocycles. The Bertz CT molecular complexity index is 1210. The van der Waals surface area contributed by atoms with Gasteiger partial charge in [-0.1, -0.05) is 6.07 Å². The summed E-state index contributed by atoms with van der Waals surface area (Å²) in [5.41, 5.74) is 5.70. The Kier molecular flexibility index (Phi) is 8.55. The van der Waals surface area contributed by atoms with Crippen LogP contribution in [0.15, 0.2) is 35.6 Å². The first kappa shape index (κ1) is 29.3. The topological polar surface area (TPSA) is 89.2 Å². The first-order valence-electron chi connectivity index (χ1n) is 15.3. The van der Waals surface area contributed by atoms with Crippen molar-refractivity contribution in [1.29, 1.82) is 0 Å². The van der Waals surface area contributed by atoms with Gasteiger partial charge in [-0.3, -0.25) is 9.69 Å². The van der Waals surface area contributed by atoms with Crippen LogP contribution in [0.3, 0.4) is 0 Å². The molecule has 0 aliphatic carbocycles. The van der Waals surface area contributed by atoms with Crippen LogP contribution in [0.1, 0.15) is 77.8 Å². The summed E-state index contributed by atoms with van der Waals surface area (Å²) < 4.78 is 5.77. The Morgan fingerprint density at radius 1 is 1.05 bits per heavy atom. The van der Waals surface area contributed by atoms with Crippen molar-refractivity contribution in [3.8, 4) is 0 Å². The number of allylic oxidation sites excluding steroid dienone is 1. The molecule has 9 nitrogen and oxygen atoms in total. The number of aryl methyl sites for hydroxylation is 1. The molecule has 4 aliphatic heterocycles. The zero-order chi connectivity index (χ0) is 29.3. The van der Waals surface area contributed by atoms with E-state index in [1.165, 1.54) is 24.0 Å². The number of anilines is 2. The Labute approximate surface area is 245 Å². The number of hydrogen-bond donors (Lipinski definition) is 3. The number of fused-ring (bicyclic) bond motifs is 1. The van der Waals surface area contributed by atoms with Gasteiger partial charge in [0.25, 0.3) is 5.91 Å². The number of dihydropyridines is 1. The maximum atomic E-state index is 13.6. The number of carbonyl (C=O) groups excluding carboxylic acids is 2. The van der Waals surface area contributed by atoms with E-state index in [1.54, 1.807) is 0 Å². The summed E-state index contributed by atoms with van der Waals surface area (Å²) in [7, 11) is 0. The van der Waals surface area contributed by atoms with Crippen LogP contribution in [0, 0.1) is 6.92 Å². The Morgan fingerprint density at radius 2 is 1.78 bits per heavy atom. The number of likely N-dealkylation sites (tertiary alicyclic amines) is 2. The number of carbonyl (C=O) groups is 2. The molecule has 5 rings (SSSR count). The van der Waals surface area contributed by atoms with Gasteiger partial charge in [0.2, 0.25) is 0 Å². The van der Waals surface area contributed by atoms with Crippen molar-refractivity contribution in [2.24, 2.45) is 0 Å². The van der Waals surface area contributed by atoms with Gasteiger partial charge in [-0.2, -0.15) is 0 Å². The standard InChI is InChI=1S/C32H48N6O3/c1-21-15-24(19-36-12-9-10-13-36)18-27-28(21)38(26-11-7-8-14-37(20-26)31(40)41-32(4,5)6)30(34-27)35-29(39)25-16-22(2)33-23(3)17-25/h15-18,22,26,30,33-34H,7-14,19-20H2,1-6H3,(H,35,39)/t22?,26-,30?/m1/s1. The van der Waals surface area contributed by atoms with Crippen LogP contribution >= 0.6 is 0 Å². The van der Waals surface area contributed by atoms with Crippen LogP contribution < -0.4 is 20.9 Å². The van der Waals surface area contributed by atoms with Crippen LogP contribution in [0.25, 0.3) is 0 Å². The maximum absolute atomic E-state index is 13.6. The number of nitrogens with zero attached hydrogens (tertiary/aromatic N) is 3. The van der Waals surface area contributed by atoms with Crippen LogP contribution in [0.4, 0.5) is 16.2 Å². The summed E-state index contributed by atoms with van der Waals surface area (Å²) >= 11 is 0. The third kappa shape index (κ3) is 7.00. The monoisotopic (exact) mass is 564 g/mol. The van der Waals surface area contributed by atoms with Crippen LogP contribution in [-0.4, -0.2) is 72.0 Å². The number of benzene rings is 1. The molecule has 0 saturated carbocycles. The number of rotatable bonds is 5. The highest BCUT2D eigenvalue weighted by Gasteiger charge is 2.39. The van der Waals surface area contributed by atoms with E-state index >= 15 is 0 Å². The molecule has 41 heavy (non-hydrogen) atoms. The molecule has 1 aromatic rings. The zero-order valence-electron chi connectivity index (χ0n) is 25.7. The van der Waals surface area contributed by atoms with E-state index in [1.807, 2.05) is 51.7 Å². The van der Waals surface area contributed by atoms with Crippen molar-refractivity contribution in [3.05, 3.63) is 46.7 Å². The zero-order valence-corrected chi connectivity index (χ0v) is 25.7. The van der Waals surface area contributed by atoms with Crippen molar-refractivity contribution < 1.29 is 14.3 Å². The first-order chi connectivity index (χ1) is 19.5. The third-order valence-electron chi connectivity index (χ3n) is 8.27. The fraction of sp³-hybridized carbons (Fsp3) is 0.625. The lowest BCUT2D eigenvalue weighted by Crippen LogP contribution is -2.56. The highest BCUT2D eigenvalue weighted by atomic mass is 16.6. The van der Waals surface area contributed by atoms with Gasteiger partial charge in [-0.15, -0.1) is 0 Å². The summed E-state index contributed by atoms with van der Waals surface area (Å²) in [4.78, 5) is 33.4. The largest absolute Gasteiger partial charge is 0.444 e. The summed E-state index contributed by atoms with van der Waals surface area (Å²) in [5.74, 6) is -0.111. The molecule has 1 aromatic carbocycles. The average Bonchev–Trinajstić information content (AvgIpc) is 3.43. The molecule has 224 valence electrons. The molecule has 2 unspecified atom stereocenters. The van der Waals surface area contributed by atoms with Gasteiger partial charge in [-0.05, 0) is 116 Å². The molecule has 4 heterocycles. The van der Waals surface area contributed by atoms with Gasteiger partial charge >= 0.3 is 6.09 Å². The molecule has 0 spiro atoms. The van der Waals surface area contributed by atoms with Crippen molar-refractivity contribution in [2.75, 3.05) is 36.4 Å². The predicted molar refractivity (Wildman–Crippen MR) is 164 cm³/mol. The summed E-state index contributed by atoms with van der Waals surface area (Å²) in [5, 5.41) is 10.3.